The van der Waals surface area contributed by atoms with Crippen LogP contribution in [0.5, 0.6) is 5.75 Å². The molecule has 2 aromatic carbocycles. The molecule has 0 saturated heterocycles. The number of hydrogen-bond donors (Lipinski definition) is 1. The van der Waals surface area contributed by atoms with Crippen LogP contribution in [0.25, 0.3) is 0 Å². The van der Waals surface area contributed by atoms with E-state index < -0.39 is 0 Å². The normalized spacial score (nSPS) is 10.2. The molecular weight excluding hydrogens is 325 g/mol. The Labute approximate surface area is 145 Å². The van der Waals surface area contributed by atoms with Crippen molar-refractivity contribution < 1.29 is 23.5 Å². The summed E-state index contributed by atoms with van der Waals surface area (Å²) in [6.07, 6.45) is 0.814. The second kappa shape index (κ2) is 9.42. The highest BCUT2D eigenvalue weighted by atomic mass is 19.1. The second-order valence-electron chi connectivity index (χ2n) is 5.41. The third-order valence-electron chi connectivity index (χ3n) is 3.52. The first-order valence-corrected chi connectivity index (χ1v) is 7.86. The Kier molecular flexibility index (Phi) is 6.95. The average Bonchev–Trinajstić information content (AvgIpc) is 2.62. The maximum Gasteiger partial charge on any atom is 0.309 e. The molecule has 0 aliphatic rings. The molecule has 0 atom stereocenters. The van der Waals surface area contributed by atoms with Crippen molar-refractivity contribution in [1.82, 2.24) is 5.32 Å². The molecule has 0 spiro atoms. The Morgan fingerprint density at radius 1 is 1.00 bits per heavy atom. The molecule has 0 unspecified atom stereocenters. The number of hydrogen-bond acceptors (Lipinski definition) is 4. The lowest BCUT2D eigenvalue weighted by Crippen LogP contribution is -2.30. The lowest BCUT2D eigenvalue weighted by molar-refractivity contribution is -0.139. The third-order valence-corrected chi connectivity index (χ3v) is 3.52. The highest BCUT2D eigenvalue weighted by Gasteiger charge is 2.05. The van der Waals surface area contributed by atoms with Gasteiger partial charge in [-0.2, -0.15) is 0 Å². The van der Waals surface area contributed by atoms with Crippen LogP contribution in [-0.2, 0) is 27.2 Å². The van der Waals surface area contributed by atoms with Crippen molar-refractivity contribution in [2.75, 3.05) is 20.3 Å². The van der Waals surface area contributed by atoms with Crippen LogP contribution in [0.3, 0.4) is 0 Å². The van der Waals surface area contributed by atoms with Gasteiger partial charge in [-0.05, 0) is 41.8 Å². The smallest absolute Gasteiger partial charge is 0.309 e. The SMILES string of the molecule is COC(=O)Cc1ccc(OCC(=O)NCCc2ccc(F)cc2)cc1. The summed E-state index contributed by atoms with van der Waals surface area (Å²) in [5.74, 6) is -0.281. The molecule has 1 amide bonds. The molecule has 1 N–H and O–H groups in total. The molecule has 0 bridgehead atoms. The van der Waals surface area contributed by atoms with Crippen molar-refractivity contribution in [2.24, 2.45) is 0 Å². The van der Waals surface area contributed by atoms with E-state index in [-0.39, 0.29) is 30.7 Å². The Morgan fingerprint density at radius 2 is 1.64 bits per heavy atom. The molecule has 2 rings (SSSR count). The number of carbonyl (C=O) groups is 2. The van der Waals surface area contributed by atoms with Crippen LogP contribution in [-0.4, -0.2) is 32.1 Å². The minimum atomic E-state index is -0.311. The minimum Gasteiger partial charge on any atom is -0.484 e. The van der Waals surface area contributed by atoms with Gasteiger partial charge in [0, 0.05) is 6.54 Å². The maximum absolute atomic E-state index is 12.8. The number of amides is 1. The molecule has 0 aliphatic carbocycles. The number of halogens is 1. The Bertz CT molecular complexity index is 698. The molecule has 6 heteroatoms. The van der Waals surface area contributed by atoms with Gasteiger partial charge < -0.3 is 14.8 Å². The second-order valence-corrected chi connectivity index (χ2v) is 5.41. The van der Waals surface area contributed by atoms with E-state index in [0.29, 0.717) is 18.7 Å². The van der Waals surface area contributed by atoms with Crippen molar-refractivity contribution in [3.63, 3.8) is 0 Å². The van der Waals surface area contributed by atoms with Crippen LogP contribution in [0.15, 0.2) is 48.5 Å². The van der Waals surface area contributed by atoms with Crippen molar-refractivity contribution in [3.05, 3.63) is 65.5 Å². The minimum absolute atomic E-state index is 0.0975. The predicted molar refractivity (Wildman–Crippen MR) is 90.8 cm³/mol. The van der Waals surface area contributed by atoms with Crippen molar-refractivity contribution in [3.8, 4) is 5.75 Å². The molecule has 2 aromatic rings. The third kappa shape index (κ3) is 6.63. The summed E-state index contributed by atoms with van der Waals surface area (Å²) in [5.41, 5.74) is 1.76. The van der Waals surface area contributed by atoms with E-state index in [9.17, 15) is 14.0 Å². The van der Waals surface area contributed by atoms with E-state index in [4.69, 9.17) is 4.74 Å². The highest BCUT2D eigenvalue weighted by Crippen LogP contribution is 2.12. The number of methoxy groups -OCH3 is 1. The van der Waals surface area contributed by atoms with Crippen LogP contribution in [0.4, 0.5) is 4.39 Å². The van der Waals surface area contributed by atoms with Gasteiger partial charge in [0.05, 0.1) is 13.5 Å². The summed E-state index contributed by atoms with van der Waals surface area (Å²) >= 11 is 0. The lowest BCUT2D eigenvalue weighted by Gasteiger charge is -2.08. The van der Waals surface area contributed by atoms with Gasteiger partial charge >= 0.3 is 5.97 Å². The van der Waals surface area contributed by atoms with E-state index in [1.807, 2.05) is 0 Å². The van der Waals surface area contributed by atoms with Crippen molar-refractivity contribution in [1.29, 1.82) is 0 Å². The van der Waals surface area contributed by atoms with Gasteiger partial charge in [0.2, 0.25) is 0 Å². The quantitative estimate of drug-likeness (QED) is 0.746. The monoisotopic (exact) mass is 345 g/mol. The largest absolute Gasteiger partial charge is 0.484 e. The molecule has 0 saturated carbocycles. The number of rotatable bonds is 8. The molecule has 0 aliphatic heterocycles. The molecule has 25 heavy (non-hydrogen) atoms. The summed E-state index contributed by atoms with van der Waals surface area (Å²) < 4.78 is 22.8. The molecule has 0 heterocycles. The van der Waals surface area contributed by atoms with Gasteiger partial charge in [0.25, 0.3) is 5.91 Å². The van der Waals surface area contributed by atoms with E-state index in [0.717, 1.165) is 11.1 Å². The molecule has 5 nitrogen and oxygen atoms in total. The van der Waals surface area contributed by atoms with Gasteiger partial charge in [-0.3, -0.25) is 9.59 Å². The van der Waals surface area contributed by atoms with Gasteiger partial charge in [-0.25, -0.2) is 4.39 Å². The molecule has 0 radical (unpaired) electrons. The molecule has 0 aromatic heterocycles. The Hall–Kier alpha value is -2.89. The van der Waals surface area contributed by atoms with E-state index in [1.54, 1.807) is 36.4 Å². The topological polar surface area (TPSA) is 64.6 Å². The predicted octanol–water partition coefficient (Wildman–Crippen LogP) is 2.28. The van der Waals surface area contributed by atoms with Crippen LogP contribution in [0.1, 0.15) is 11.1 Å². The fraction of sp³-hybridized carbons (Fsp3) is 0.263. The number of benzene rings is 2. The fourth-order valence-corrected chi connectivity index (χ4v) is 2.14. The van der Waals surface area contributed by atoms with Gasteiger partial charge in [-0.15, -0.1) is 0 Å². The van der Waals surface area contributed by atoms with Gasteiger partial charge in [-0.1, -0.05) is 24.3 Å². The van der Waals surface area contributed by atoms with Crippen LogP contribution in [0, 0.1) is 5.82 Å². The summed E-state index contributed by atoms with van der Waals surface area (Å²) in [7, 11) is 1.34. The van der Waals surface area contributed by atoms with Crippen molar-refractivity contribution in [2.45, 2.75) is 12.8 Å². The molecule has 0 fully saturated rings. The van der Waals surface area contributed by atoms with Crippen LogP contribution < -0.4 is 10.1 Å². The average molecular weight is 345 g/mol. The van der Waals surface area contributed by atoms with E-state index in [1.165, 1.54) is 19.2 Å². The number of ether oxygens (including phenoxy) is 2. The zero-order valence-corrected chi connectivity index (χ0v) is 14.0. The van der Waals surface area contributed by atoms with Crippen molar-refractivity contribution >= 4 is 11.9 Å². The van der Waals surface area contributed by atoms with E-state index >= 15 is 0 Å². The first kappa shape index (κ1) is 18.4. The van der Waals surface area contributed by atoms with Gasteiger partial charge in [0.15, 0.2) is 6.61 Å². The van der Waals surface area contributed by atoms with Crippen LogP contribution in [0.2, 0.25) is 0 Å². The molecule has 132 valence electrons. The fourth-order valence-electron chi connectivity index (χ4n) is 2.14. The highest BCUT2D eigenvalue weighted by molar-refractivity contribution is 5.77. The number of esters is 1. The van der Waals surface area contributed by atoms with E-state index in [2.05, 4.69) is 10.1 Å². The zero-order valence-electron chi connectivity index (χ0n) is 14.0. The first-order chi connectivity index (χ1) is 12.1. The number of nitrogens with one attached hydrogen (secondary N) is 1. The Morgan fingerprint density at radius 3 is 2.28 bits per heavy atom. The number of carbonyl (C=O) groups excluding carboxylic acids is 2. The summed E-state index contributed by atoms with van der Waals surface area (Å²) in [6, 6.07) is 13.1. The standard InChI is InChI=1S/C19H20FNO4/c1-24-19(23)12-15-4-8-17(9-5-15)25-13-18(22)21-11-10-14-2-6-16(20)7-3-14/h2-9H,10-13H2,1H3,(H,21,22). The summed E-state index contributed by atoms with van der Waals surface area (Å²) in [5, 5.41) is 2.74. The summed E-state index contributed by atoms with van der Waals surface area (Å²) in [4.78, 5) is 22.9. The lowest BCUT2D eigenvalue weighted by atomic mass is 10.1. The maximum atomic E-state index is 12.8. The first-order valence-electron chi connectivity index (χ1n) is 7.86. The summed E-state index contributed by atoms with van der Waals surface area (Å²) in [6.45, 7) is 0.353. The zero-order chi connectivity index (χ0) is 18.1. The molecular formula is C19H20FNO4. The Balaban J connectivity index is 1.69. The van der Waals surface area contributed by atoms with Crippen LogP contribution >= 0.6 is 0 Å². The van der Waals surface area contributed by atoms with Gasteiger partial charge in [0.1, 0.15) is 11.6 Å².